The molecule has 0 radical (unpaired) electrons. The molecule has 2 nitrogen and oxygen atoms in total. The first kappa shape index (κ1) is 11.4. The van der Waals surface area contributed by atoms with Crippen LogP contribution in [0.15, 0.2) is 24.3 Å². The molecule has 1 aliphatic carbocycles. The predicted octanol–water partition coefficient (Wildman–Crippen LogP) is 2.69. The maximum atomic E-state index is 13.1. The number of halogens is 2. The second-order valence-corrected chi connectivity index (χ2v) is 4.53. The maximum Gasteiger partial charge on any atom is 0.338 e. The lowest BCUT2D eigenvalue weighted by atomic mass is 9.92. The van der Waals surface area contributed by atoms with E-state index in [2.05, 4.69) is 4.74 Å². The molecule has 0 heterocycles. The molecule has 0 aromatic heterocycles. The molecule has 1 aromatic carbocycles. The Hall–Kier alpha value is -1.09. The Balaban J connectivity index is 2.45. The van der Waals surface area contributed by atoms with Crippen molar-refractivity contribution in [1.82, 2.24) is 0 Å². The summed E-state index contributed by atoms with van der Waals surface area (Å²) in [4.78, 5) is 11.5. The van der Waals surface area contributed by atoms with Crippen LogP contribution in [0.2, 0.25) is 0 Å². The monoisotopic (exact) mass is 242 g/mol. The first-order valence-electron chi connectivity index (χ1n) is 5.03. The van der Waals surface area contributed by atoms with Gasteiger partial charge in [-0.25, -0.2) is 4.79 Å². The second-order valence-electron chi connectivity index (χ2n) is 4.00. The molecule has 1 fully saturated rings. The van der Waals surface area contributed by atoms with Crippen molar-refractivity contribution in [3.8, 4) is 0 Å². The quantitative estimate of drug-likeness (QED) is 0.602. The van der Waals surface area contributed by atoms with E-state index in [0.717, 1.165) is 0 Å². The van der Waals surface area contributed by atoms with Crippen molar-refractivity contribution < 1.29 is 13.9 Å². The van der Waals surface area contributed by atoms with Gasteiger partial charge in [-0.05, 0) is 18.1 Å². The minimum Gasteiger partial charge on any atom is -0.465 e. The minimum absolute atomic E-state index is 0.233. The highest BCUT2D eigenvalue weighted by Crippen LogP contribution is 2.53. The molecule has 0 aliphatic heterocycles. The Bertz CT molecular complexity index is 417. The highest BCUT2D eigenvalue weighted by Gasteiger charge is 2.56. The number of rotatable bonds is 3. The molecule has 2 atom stereocenters. The van der Waals surface area contributed by atoms with Gasteiger partial charge in [-0.2, -0.15) is 0 Å². The van der Waals surface area contributed by atoms with Crippen LogP contribution in [0, 0.1) is 0 Å². The second kappa shape index (κ2) is 4.06. The molecule has 0 amide bonds. The van der Waals surface area contributed by atoms with Gasteiger partial charge in [-0.15, -0.1) is 11.6 Å². The number of esters is 1. The molecule has 1 saturated carbocycles. The lowest BCUT2D eigenvalue weighted by molar-refractivity contribution is 0.0598. The first-order chi connectivity index (χ1) is 7.65. The highest BCUT2D eigenvalue weighted by atomic mass is 35.5. The van der Waals surface area contributed by atoms with Gasteiger partial charge in [0, 0.05) is 10.8 Å². The van der Waals surface area contributed by atoms with Crippen molar-refractivity contribution in [2.24, 2.45) is 0 Å². The highest BCUT2D eigenvalue weighted by molar-refractivity contribution is 6.24. The average molecular weight is 243 g/mol. The summed E-state index contributed by atoms with van der Waals surface area (Å²) in [6.07, 6.45) is 0.569. The Labute approximate surface area is 98.4 Å². The molecule has 4 heteroatoms. The SMILES string of the molecule is COC(=O)c1ccccc1C1(CF)CC1Cl. The zero-order chi connectivity index (χ0) is 11.8. The van der Waals surface area contributed by atoms with Crippen molar-refractivity contribution >= 4 is 17.6 Å². The van der Waals surface area contributed by atoms with Gasteiger partial charge in [-0.3, -0.25) is 4.39 Å². The fraction of sp³-hybridized carbons (Fsp3) is 0.417. The Kier molecular flexibility index (Phi) is 2.89. The van der Waals surface area contributed by atoms with E-state index in [1.165, 1.54) is 7.11 Å². The largest absolute Gasteiger partial charge is 0.465 e. The van der Waals surface area contributed by atoms with E-state index in [1.54, 1.807) is 24.3 Å². The van der Waals surface area contributed by atoms with Crippen molar-refractivity contribution in [2.75, 3.05) is 13.8 Å². The van der Waals surface area contributed by atoms with Gasteiger partial charge in [0.15, 0.2) is 0 Å². The van der Waals surface area contributed by atoms with E-state index >= 15 is 0 Å². The van der Waals surface area contributed by atoms with E-state index in [-0.39, 0.29) is 5.38 Å². The third kappa shape index (κ3) is 1.59. The van der Waals surface area contributed by atoms with Gasteiger partial charge >= 0.3 is 5.97 Å². The van der Waals surface area contributed by atoms with Crippen molar-refractivity contribution in [3.05, 3.63) is 35.4 Å². The first-order valence-corrected chi connectivity index (χ1v) is 5.47. The molecule has 86 valence electrons. The summed E-state index contributed by atoms with van der Waals surface area (Å²) >= 11 is 5.97. The average Bonchev–Trinajstić information content (AvgIpc) is 3.00. The van der Waals surface area contributed by atoms with E-state index in [1.807, 2.05) is 0 Å². The lowest BCUT2D eigenvalue weighted by Gasteiger charge is -2.15. The lowest BCUT2D eigenvalue weighted by Crippen LogP contribution is -2.18. The Morgan fingerprint density at radius 2 is 2.25 bits per heavy atom. The summed E-state index contributed by atoms with van der Waals surface area (Å²) < 4.78 is 17.8. The van der Waals surface area contributed by atoms with Gasteiger partial charge in [0.2, 0.25) is 0 Å². The molecule has 1 aromatic rings. The predicted molar refractivity (Wildman–Crippen MR) is 59.7 cm³/mol. The van der Waals surface area contributed by atoms with Gasteiger partial charge in [0.1, 0.15) is 6.67 Å². The number of ether oxygens (including phenoxy) is 1. The molecule has 0 bridgehead atoms. The number of carbonyl (C=O) groups excluding carboxylic acids is 1. The topological polar surface area (TPSA) is 26.3 Å². The van der Waals surface area contributed by atoms with Crippen LogP contribution in [-0.2, 0) is 10.2 Å². The summed E-state index contributed by atoms with van der Waals surface area (Å²) in [7, 11) is 1.31. The summed E-state index contributed by atoms with van der Waals surface area (Å²) in [5, 5.41) is -0.233. The van der Waals surface area contributed by atoms with Gasteiger partial charge in [-0.1, -0.05) is 18.2 Å². The molecule has 0 N–H and O–H groups in total. The minimum atomic E-state index is -0.688. The standard InChI is InChI=1S/C12H12ClFO2/c1-16-11(15)8-4-2-3-5-9(8)12(7-14)6-10(12)13/h2-5,10H,6-7H2,1H3. The Morgan fingerprint density at radius 1 is 1.62 bits per heavy atom. The van der Waals surface area contributed by atoms with Crippen molar-refractivity contribution in [3.63, 3.8) is 0 Å². The molecular formula is C12H12ClFO2. The number of hydrogen-bond donors (Lipinski definition) is 0. The molecule has 0 saturated heterocycles. The van der Waals surface area contributed by atoms with Crippen LogP contribution >= 0.6 is 11.6 Å². The smallest absolute Gasteiger partial charge is 0.338 e. The van der Waals surface area contributed by atoms with Crippen LogP contribution in [0.4, 0.5) is 4.39 Å². The number of methoxy groups -OCH3 is 1. The van der Waals surface area contributed by atoms with Crippen LogP contribution in [0.25, 0.3) is 0 Å². The summed E-state index contributed by atoms with van der Waals surface area (Å²) in [5.74, 6) is -0.445. The zero-order valence-electron chi connectivity index (χ0n) is 8.87. The van der Waals surface area contributed by atoms with Crippen molar-refractivity contribution in [2.45, 2.75) is 17.2 Å². The number of benzene rings is 1. The van der Waals surface area contributed by atoms with E-state index in [0.29, 0.717) is 17.5 Å². The van der Waals surface area contributed by atoms with Crippen LogP contribution < -0.4 is 0 Å². The number of alkyl halides is 2. The van der Waals surface area contributed by atoms with E-state index in [9.17, 15) is 9.18 Å². The Morgan fingerprint density at radius 3 is 2.75 bits per heavy atom. The van der Waals surface area contributed by atoms with Gasteiger partial charge < -0.3 is 4.74 Å². The summed E-state index contributed by atoms with van der Waals surface area (Å²) in [5.41, 5.74) is 0.377. The van der Waals surface area contributed by atoms with Gasteiger partial charge in [0.25, 0.3) is 0 Å². The summed E-state index contributed by atoms with van der Waals surface area (Å²) in [6.45, 7) is -0.546. The van der Waals surface area contributed by atoms with Crippen molar-refractivity contribution in [1.29, 1.82) is 0 Å². The normalized spacial score (nSPS) is 27.6. The summed E-state index contributed by atoms with van der Waals surface area (Å²) in [6, 6.07) is 6.89. The number of hydrogen-bond acceptors (Lipinski definition) is 2. The van der Waals surface area contributed by atoms with Gasteiger partial charge in [0.05, 0.1) is 12.7 Å². The van der Waals surface area contributed by atoms with Crippen LogP contribution in [0.5, 0.6) is 0 Å². The van der Waals surface area contributed by atoms with Crippen LogP contribution in [0.3, 0.4) is 0 Å². The van der Waals surface area contributed by atoms with Crippen LogP contribution in [-0.4, -0.2) is 25.1 Å². The van der Waals surface area contributed by atoms with E-state index in [4.69, 9.17) is 11.6 Å². The molecular weight excluding hydrogens is 231 g/mol. The van der Waals surface area contributed by atoms with Crippen LogP contribution in [0.1, 0.15) is 22.3 Å². The van der Waals surface area contributed by atoms with E-state index < -0.39 is 18.1 Å². The number of carbonyl (C=O) groups is 1. The third-order valence-corrected chi connectivity index (χ3v) is 3.66. The molecule has 2 rings (SSSR count). The molecule has 16 heavy (non-hydrogen) atoms. The molecule has 1 aliphatic rings. The fourth-order valence-electron chi connectivity index (χ4n) is 1.96. The fourth-order valence-corrected chi connectivity index (χ4v) is 2.41. The molecule has 2 unspecified atom stereocenters. The molecule has 0 spiro atoms. The third-order valence-electron chi connectivity index (χ3n) is 3.09. The zero-order valence-corrected chi connectivity index (χ0v) is 9.63. The maximum absolute atomic E-state index is 13.1.